The number of amides is 3. The summed E-state index contributed by atoms with van der Waals surface area (Å²) in [6.45, 7) is 0.817. The third-order valence-corrected chi connectivity index (χ3v) is 3.89. The molecule has 0 aliphatic carbocycles. The molecule has 3 amide bonds. The highest BCUT2D eigenvalue weighted by Crippen LogP contribution is 2.31. The summed E-state index contributed by atoms with van der Waals surface area (Å²) < 4.78 is 0. The second-order valence-corrected chi connectivity index (χ2v) is 5.08. The lowest BCUT2D eigenvalue weighted by Crippen LogP contribution is -2.55. The van der Waals surface area contributed by atoms with Crippen molar-refractivity contribution < 1.29 is 14.5 Å². The van der Waals surface area contributed by atoms with Crippen molar-refractivity contribution in [2.24, 2.45) is 0 Å². The highest BCUT2D eigenvalue weighted by molar-refractivity contribution is 6.07. The molecule has 9 nitrogen and oxygen atoms in total. The van der Waals surface area contributed by atoms with Crippen LogP contribution in [0.1, 0.15) is 12.8 Å². The van der Waals surface area contributed by atoms with E-state index in [4.69, 9.17) is 0 Å². The molecule has 2 aliphatic rings. The van der Waals surface area contributed by atoms with Crippen LogP contribution in [-0.4, -0.2) is 40.5 Å². The van der Waals surface area contributed by atoms with Crippen LogP contribution in [0.4, 0.5) is 16.3 Å². The minimum atomic E-state index is -0.892. The molecular formula is C12H13N5O4. The van der Waals surface area contributed by atoms with Crippen LogP contribution in [0, 0.1) is 10.1 Å². The summed E-state index contributed by atoms with van der Waals surface area (Å²) in [6.07, 6.45) is 2.27. The van der Waals surface area contributed by atoms with Gasteiger partial charge in [0, 0.05) is 25.4 Å². The number of hydrogen-bond acceptors (Lipinski definition) is 6. The zero-order valence-corrected chi connectivity index (χ0v) is 11.0. The summed E-state index contributed by atoms with van der Waals surface area (Å²) in [5.74, 6) is -0.0373. The highest BCUT2D eigenvalue weighted by atomic mass is 16.6. The van der Waals surface area contributed by atoms with Gasteiger partial charge in [-0.2, -0.15) is 0 Å². The number of piperidine rings is 1. The van der Waals surface area contributed by atoms with E-state index in [1.165, 1.54) is 18.3 Å². The quantitative estimate of drug-likeness (QED) is 0.455. The minimum Gasteiger partial charge on any atom is -0.351 e. The fraction of sp³-hybridized carbons (Fsp3) is 0.417. The Labute approximate surface area is 119 Å². The number of carbonyl (C=O) groups is 2. The maximum absolute atomic E-state index is 11.8. The van der Waals surface area contributed by atoms with E-state index in [1.807, 2.05) is 0 Å². The van der Waals surface area contributed by atoms with Gasteiger partial charge in [-0.3, -0.25) is 20.2 Å². The van der Waals surface area contributed by atoms with Crippen molar-refractivity contribution in [3.8, 4) is 0 Å². The number of imide groups is 1. The van der Waals surface area contributed by atoms with E-state index < -0.39 is 16.5 Å². The lowest BCUT2D eigenvalue weighted by Gasteiger charge is -2.37. The molecule has 0 radical (unpaired) electrons. The Morgan fingerprint density at radius 1 is 1.33 bits per heavy atom. The number of hydrogen-bond donors (Lipinski definition) is 2. The summed E-state index contributed by atoms with van der Waals surface area (Å²) in [6, 6.07) is 2.42. The molecule has 2 saturated heterocycles. The number of nitrogens with zero attached hydrogens (tertiary/aromatic N) is 3. The molecule has 110 valence electrons. The molecule has 9 heteroatoms. The molecule has 1 aromatic rings. The Kier molecular flexibility index (Phi) is 2.96. The van der Waals surface area contributed by atoms with E-state index in [-0.39, 0.29) is 11.6 Å². The molecule has 0 aromatic carbocycles. The fourth-order valence-corrected chi connectivity index (χ4v) is 2.76. The molecule has 1 aromatic heterocycles. The molecule has 0 atom stereocenters. The van der Waals surface area contributed by atoms with Crippen LogP contribution in [0.2, 0.25) is 0 Å². The van der Waals surface area contributed by atoms with Gasteiger partial charge in [0.15, 0.2) is 0 Å². The third-order valence-electron chi connectivity index (χ3n) is 3.89. The molecule has 0 bridgehead atoms. The zero-order chi connectivity index (χ0) is 15.0. The average Bonchev–Trinajstić information content (AvgIpc) is 2.74. The van der Waals surface area contributed by atoms with Crippen LogP contribution in [0.25, 0.3) is 0 Å². The molecule has 3 heterocycles. The van der Waals surface area contributed by atoms with Crippen molar-refractivity contribution in [3.05, 3.63) is 28.4 Å². The van der Waals surface area contributed by atoms with Gasteiger partial charge in [0.25, 0.3) is 5.91 Å². The minimum absolute atomic E-state index is 0.0617. The Morgan fingerprint density at radius 2 is 2.05 bits per heavy atom. The smallest absolute Gasteiger partial charge is 0.322 e. The van der Waals surface area contributed by atoms with Crippen molar-refractivity contribution >= 4 is 23.4 Å². The van der Waals surface area contributed by atoms with Crippen LogP contribution >= 0.6 is 0 Å². The van der Waals surface area contributed by atoms with E-state index in [2.05, 4.69) is 15.6 Å². The first-order chi connectivity index (χ1) is 10.0. The maximum atomic E-state index is 11.8. The van der Waals surface area contributed by atoms with Crippen LogP contribution in [-0.2, 0) is 4.79 Å². The number of nitrogens with one attached hydrogen (secondary N) is 2. The van der Waals surface area contributed by atoms with Gasteiger partial charge in [0.1, 0.15) is 5.54 Å². The molecule has 2 aliphatic heterocycles. The highest BCUT2D eigenvalue weighted by Gasteiger charge is 2.48. The molecule has 2 fully saturated rings. The summed E-state index contributed by atoms with van der Waals surface area (Å²) >= 11 is 0. The SMILES string of the molecule is O=C1NC(=O)C2(CCN(c3ncccc3[N+](=O)[O-])CC2)N1. The monoisotopic (exact) mass is 291 g/mol. The normalized spacial score (nSPS) is 20.3. The number of anilines is 1. The van der Waals surface area contributed by atoms with Crippen LogP contribution < -0.4 is 15.5 Å². The number of urea groups is 1. The van der Waals surface area contributed by atoms with E-state index in [1.54, 1.807) is 4.90 Å². The van der Waals surface area contributed by atoms with E-state index in [0.29, 0.717) is 31.7 Å². The molecule has 21 heavy (non-hydrogen) atoms. The summed E-state index contributed by atoms with van der Waals surface area (Å²) in [5.41, 5.74) is -0.953. The molecule has 2 N–H and O–H groups in total. The number of aromatic nitrogens is 1. The Bertz CT molecular complexity index is 624. The molecule has 1 spiro atoms. The predicted octanol–water partition coefficient (Wildman–Crippen LogP) is 0.168. The number of carbonyl (C=O) groups excluding carboxylic acids is 2. The van der Waals surface area contributed by atoms with Crippen molar-refractivity contribution in [3.63, 3.8) is 0 Å². The zero-order valence-electron chi connectivity index (χ0n) is 11.0. The average molecular weight is 291 g/mol. The molecular weight excluding hydrogens is 278 g/mol. The predicted molar refractivity (Wildman–Crippen MR) is 71.7 cm³/mol. The van der Waals surface area contributed by atoms with Crippen LogP contribution in [0.15, 0.2) is 18.3 Å². The number of pyridine rings is 1. The molecule has 0 unspecified atom stereocenters. The fourth-order valence-electron chi connectivity index (χ4n) is 2.76. The van der Waals surface area contributed by atoms with Gasteiger partial charge < -0.3 is 10.2 Å². The van der Waals surface area contributed by atoms with Crippen molar-refractivity contribution in [1.82, 2.24) is 15.6 Å². The number of nitro groups is 1. The van der Waals surface area contributed by atoms with Gasteiger partial charge in [-0.25, -0.2) is 9.78 Å². The number of rotatable bonds is 2. The third kappa shape index (κ3) is 2.16. The van der Waals surface area contributed by atoms with Gasteiger partial charge in [0.2, 0.25) is 5.82 Å². The second-order valence-electron chi connectivity index (χ2n) is 5.08. The Hall–Kier alpha value is -2.71. The molecule has 0 saturated carbocycles. The summed E-state index contributed by atoms with van der Waals surface area (Å²) in [5, 5.41) is 15.9. The lowest BCUT2D eigenvalue weighted by atomic mass is 9.87. The van der Waals surface area contributed by atoms with Gasteiger partial charge in [-0.1, -0.05) is 0 Å². The summed E-state index contributed by atoms with van der Waals surface area (Å²) in [4.78, 5) is 39.5. The molecule has 3 rings (SSSR count). The first-order valence-corrected chi connectivity index (χ1v) is 6.50. The van der Waals surface area contributed by atoms with Crippen molar-refractivity contribution in [2.75, 3.05) is 18.0 Å². The van der Waals surface area contributed by atoms with E-state index in [9.17, 15) is 19.7 Å². The first kappa shape index (κ1) is 13.3. The Morgan fingerprint density at radius 3 is 2.62 bits per heavy atom. The van der Waals surface area contributed by atoms with Crippen LogP contribution in [0.5, 0.6) is 0 Å². The largest absolute Gasteiger partial charge is 0.351 e. The van der Waals surface area contributed by atoms with Crippen LogP contribution in [0.3, 0.4) is 0 Å². The summed E-state index contributed by atoms with van der Waals surface area (Å²) in [7, 11) is 0. The van der Waals surface area contributed by atoms with E-state index >= 15 is 0 Å². The Balaban J connectivity index is 1.79. The lowest BCUT2D eigenvalue weighted by molar-refractivity contribution is -0.384. The van der Waals surface area contributed by atoms with Gasteiger partial charge in [-0.05, 0) is 18.9 Å². The van der Waals surface area contributed by atoms with E-state index in [0.717, 1.165) is 0 Å². The van der Waals surface area contributed by atoms with Gasteiger partial charge in [0.05, 0.1) is 4.92 Å². The maximum Gasteiger partial charge on any atom is 0.322 e. The van der Waals surface area contributed by atoms with Crippen molar-refractivity contribution in [2.45, 2.75) is 18.4 Å². The van der Waals surface area contributed by atoms with Gasteiger partial charge >= 0.3 is 11.7 Å². The second kappa shape index (κ2) is 4.69. The first-order valence-electron chi connectivity index (χ1n) is 6.50. The topological polar surface area (TPSA) is 117 Å². The standard InChI is InChI=1S/C12H13N5O4/c18-10-12(15-11(19)14-10)3-6-16(7-4-12)9-8(17(20)21)2-1-5-13-9/h1-2,5H,3-4,6-7H2,(H2,14,15,18,19). The van der Waals surface area contributed by atoms with Crippen molar-refractivity contribution in [1.29, 1.82) is 0 Å². The van der Waals surface area contributed by atoms with Gasteiger partial charge in [-0.15, -0.1) is 0 Å².